The topological polar surface area (TPSA) is 43.3 Å². The number of guanidine groups is 1. The fraction of sp³-hybridized carbons (Fsp3) is 0.708. The summed E-state index contributed by atoms with van der Waals surface area (Å²) in [7, 11) is 0. The van der Waals surface area contributed by atoms with Gasteiger partial charge in [-0.2, -0.15) is 0 Å². The predicted octanol–water partition coefficient (Wildman–Crippen LogP) is 2.79. The molecule has 0 bridgehead atoms. The van der Waals surface area contributed by atoms with Crippen molar-refractivity contribution >= 4 is 11.6 Å². The van der Waals surface area contributed by atoms with Crippen LogP contribution < -0.4 is 10.2 Å². The van der Waals surface area contributed by atoms with E-state index in [1.165, 1.54) is 43.6 Å². The van der Waals surface area contributed by atoms with Gasteiger partial charge in [-0.05, 0) is 49.8 Å². The molecule has 0 amide bonds. The van der Waals surface area contributed by atoms with Gasteiger partial charge in [0.25, 0.3) is 0 Å². The molecular weight excluding hydrogens is 374 g/mol. The monoisotopic (exact) mass is 413 g/mol. The Morgan fingerprint density at radius 1 is 1.03 bits per heavy atom. The Bertz CT molecular complexity index is 677. The number of benzene rings is 1. The first-order valence-corrected chi connectivity index (χ1v) is 11.9. The maximum atomic E-state index is 5.52. The second kappa shape index (κ2) is 10.5. The van der Waals surface area contributed by atoms with Crippen LogP contribution in [0.2, 0.25) is 0 Å². The molecule has 3 aliphatic heterocycles. The van der Waals surface area contributed by atoms with Crippen LogP contribution in [0.3, 0.4) is 0 Å². The highest BCUT2D eigenvalue weighted by atomic mass is 16.5. The van der Waals surface area contributed by atoms with Gasteiger partial charge in [-0.3, -0.25) is 4.90 Å². The van der Waals surface area contributed by atoms with Crippen LogP contribution in [0, 0.1) is 5.92 Å². The summed E-state index contributed by atoms with van der Waals surface area (Å²) in [5, 5.41) is 3.51. The van der Waals surface area contributed by atoms with Crippen molar-refractivity contribution < 1.29 is 4.74 Å². The molecule has 0 aromatic heterocycles. The molecule has 0 spiro atoms. The molecule has 1 aromatic carbocycles. The smallest absolute Gasteiger partial charge is 0.194 e. The highest BCUT2D eigenvalue weighted by Gasteiger charge is 2.30. The van der Waals surface area contributed by atoms with E-state index in [1.807, 2.05) is 0 Å². The molecular formula is C24H39N5O. The van der Waals surface area contributed by atoms with Crippen molar-refractivity contribution in [2.75, 3.05) is 63.9 Å². The SMILES string of the molecule is CCNC(=NCc1ccc(N2CCC(C)CC2)cc1)N1CCC(N2CCOCC2)C1. The van der Waals surface area contributed by atoms with Gasteiger partial charge in [-0.15, -0.1) is 0 Å². The Morgan fingerprint density at radius 2 is 1.77 bits per heavy atom. The zero-order valence-corrected chi connectivity index (χ0v) is 18.9. The van der Waals surface area contributed by atoms with Gasteiger partial charge in [0.1, 0.15) is 0 Å². The molecule has 3 heterocycles. The maximum Gasteiger partial charge on any atom is 0.194 e. The van der Waals surface area contributed by atoms with Crippen LogP contribution in [0.15, 0.2) is 29.3 Å². The third kappa shape index (κ3) is 5.46. The van der Waals surface area contributed by atoms with E-state index in [4.69, 9.17) is 9.73 Å². The third-order valence-electron chi connectivity index (χ3n) is 6.86. The molecule has 3 fully saturated rings. The van der Waals surface area contributed by atoms with Crippen molar-refractivity contribution in [2.45, 2.75) is 45.7 Å². The first kappa shape index (κ1) is 21.4. The van der Waals surface area contributed by atoms with Gasteiger partial charge < -0.3 is 19.9 Å². The van der Waals surface area contributed by atoms with Crippen LogP contribution >= 0.6 is 0 Å². The molecule has 3 aliphatic rings. The summed E-state index contributed by atoms with van der Waals surface area (Å²) in [6.07, 6.45) is 3.83. The summed E-state index contributed by atoms with van der Waals surface area (Å²) in [4.78, 5) is 12.5. The number of hydrogen-bond acceptors (Lipinski definition) is 4. The van der Waals surface area contributed by atoms with Crippen LogP contribution in [0.4, 0.5) is 5.69 Å². The molecule has 3 saturated heterocycles. The van der Waals surface area contributed by atoms with Crippen LogP contribution in [0.25, 0.3) is 0 Å². The Labute approximate surface area is 182 Å². The lowest BCUT2D eigenvalue weighted by atomic mass is 9.99. The first-order chi connectivity index (χ1) is 14.7. The van der Waals surface area contributed by atoms with E-state index < -0.39 is 0 Å². The number of likely N-dealkylation sites (tertiary alicyclic amines) is 1. The van der Waals surface area contributed by atoms with Crippen molar-refractivity contribution in [3.8, 4) is 0 Å². The minimum Gasteiger partial charge on any atom is -0.379 e. The van der Waals surface area contributed by atoms with Gasteiger partial charge in [0, 0.05) is 57.5 Å². The molecule has 4 rings (SSSR count). The number of nitrogens with zero attached hydrogens (tertiary/aromatic N) is 4. The highest BCUT2D eigenvalue weighted by Crippen LogP contribution is 2.23. The molecule has 6 heteroatoms. The number of ether oxygens (including phenoxy) is 1. The summed E-state index contributed by atoms with van der Waals surface area (Å²) < 4.78 is 5.52. The second-order valence-corrected chi connectivity index (χ2v) is 9.04. The van der Waals surface area contributed by atoms with Crippen molar-refractivity contribution in [2.24, 2.45) is 10.9 Å². The predicted molar refractivity (Wildman–Crippen MR) is 124 cm³/mol. The van der Waals surface area contributed by atoms with E-state index in [0.717, 1.165) is 64.4 Å². The number of aliphatic imine (C=N–C) groups is 1. The van der Waals surface area contributed by atoms with Gasteiger partial charge in [0.2, 0.25) is 0 Å². The standard InChI is InChI=1S/C24H39N5O/c1-3-25-24(29-13-10-23(19-29)28-14-16-30-17-15-28)26-18-21-4-6-22(7-5-21)27-11-8-20(2)9-12-27/h4-7,20,23H,3,8-19H2,1-2H3,(H,25,26). The van der Waals surface area contributed by atoms with Gasteiger partial charge in [0.15, 0.2) is 5.96 Å². The van der Waals surface area contributed by atoms with E-state index in [1.54, 1.807) is 0 Å². The number of morpholine rings is 1. The molecule has 1 unspecified atom stereocenters. The van der Waals surface area contributed by atoms with E-state index in [-0.39, 0.29) is 0 Å². The van der Waals surface area contributed by atoms with Gasteiger partial charge in [-0.25, -0.2) is 4.99 Å². The van der Waals surface area contributed by atoms with E-state index in [9.17, 15) is 0 Å². The zero-order chi connectivity index (χ0) is 20.8. The molecule has 0 radical (unpaired) electrons. The number of rotatable bonds is 5. The number of anilines is 1. The Balaban J connectivity index is 1.33. The van der Waals surface area contributed by atoms with Gasteiger partial charge >= 0.3 is 0 Å². The Kier molecular flexibility index (Phi) is 7.50. The molecule has 1 aromatic rings. The third-order valence-corrected chi connectivity index (χ3v) is 6.86. The maximum absolute atomic E-state index is 5.52. The summed E-state index contributed by atoms with van der Waals surface area (Å²) in [6, 6.07) is 9.68. The largest absolute Gasteiger partial charge is 0.379 e. The molecule has 0 aliphatic carbocycles. The highest BCUT2D eigenvalue weighted by molar-refractivity contribution is 5.80. The fourth-order valence-corrected chi connectivity index (χ4v) is 4.85. The van der Waals surface area contributed by atoms with Gasteiger partial charge in [0.05, 0.1) is 19.8 Å². The molecule has 0 saturated carbocycles. The Morgan fingerprint density at radius 3 is 2.47 bits per heavy atom. The minimum atomic E-state index is 0.629. The lowest BCUT2D eigenvalue weighted by Gasteiger charge is -2.32. The lowest BCUT2D eigenvalue weighted by Crippen LogP contribution is -2.46. The first-order valence-electron chi connectivity index (χ1n) is 11.9. The molecule has 1 atom stereocenters. The average Bonchev–Trinajstić information content (AvgIpc) is 3.28. The van der Waals surface area contributed by atoms with Crippen LogP contribution in [-0.4, -0.2) is 80.8 Å². The summed E-state index contributed by atoms with van der Waals surface area (Å²) in [5.41, 5.74) is 2.64. The van der Waals surface area contributed by atoms with Crippen molar-refractivity contribution in [1.29, 1.82) is 0 Å². The van der Waals surface area contributed by atoms with E-state index >= 15 is 0 Å². The average molecular weight is 414 g/mol. The van der Waals surface area contributed by atoms with Crippen molar-refractivity contribution in [3.05, 3.63) is 29.8 Å². The van der Waals surface area contributed by atoms with Crippen LogP contribution in [0.5, 0.6) is 0 Å². The molecule has 30 heavy (non-hydrogen) atoms. The molecule has 166 valence electrons. The van der Waals surface area contributed by atoms with E-state index in [2.05, 4.69) is 58.1 Å². The summed E-state index contributed by atoms with van der Waals surface area (Å²) in [6.45, 7) is 14.5. The summed E-state index contributed by atoms with van der Waals surface area (Å²) >= 11 is 0. The second-order valence-electron chi connectivity index (χ2n) is 9.04. The molecule has 1 N–H and O–H groups in total. The normalized spacial score (nSPS) is 24.5. The minimum absolute atomic E-state index is 0.629. The van der Waals surface area contributed by atoms with E-state index in [0.29, 0.717) is 6.04 Å². The quantitative estimate of drug-likeness (QED) is 0.594. The van der Waals surface area contributed by atoms with Crippen LogP contribution in [-0.2, 0) is 11.3 Å². The zero-order valence-electron chi connectivity index (χ0n) is 18.9. The number of hydrogen-bond donors (Lipinski definition) is 1. The number of piperidine rings is 1. The Hall–Kier alpha value is -1.79. The van der Waals surface area contributed by atoms with Crippen LogP contribution in [0.1, 0.15) is 38.7 Å². The summed E-state index contributed by atoms with van der Waals surface area (Å²) in [5.74, 6) is 1.93. The fourth-order valence-electron chi connectivity index (χ4n) is 4.85. The number of nitrogens with one attached hydrogen (secondary N) is 1. The lowest BCUT2D eigenvalue weighted by molar-refractivity contribution is 0.0195. The van der Waals surface area contributed by atoms with Crippen molar-refractivity contribution in [1.82, 2.24) is 15.1 Å². The molecule has 6 nitrogen and oxygen atoms in total. The van der Waals surface area contributed by atoms with Crippen molar-refractivity contribution in [3.63, 3.8) is 0 Å². The van der Waals surface area contributed by atoms with Gasteiger partial charge in [-0.1, -0.05) is 19.1 Å².